The van der Waals surface area contributed by atoms with E-state index in [-0.39, 0.29) is 11.5 Å². The minimum atomic E-state index is -0.693. The van der Waals surface area contributed by atoms with Crippen molar-refractivity contribution in [3.8, 4) is 0 Å². The van der Waals surface area contributed by atoms with Gasteiger partial charge in [0.05, 0.1) is 17.2 Å². The molecule has 6 nitrogen and oxygen atoms in total. The summed E-state index contributed by atoms with van der Waals surface area (Å²) >= 11 is 0. The third kappa shape index (κ3) is 2.53. The third-order valence-electron chi connectivity index (χ3n) is 2.76. The van der Waals surface area contributed by atoms with Gasteiger partial charge in [-0.25, -0.2) is 0 Å². The number of carbonyl (C=O) groups is 3. The van der Waals surface area contributed by atoms with E-state index in [0.29, 0.717) is 17.7 Å². The minimum absolute atomic E-state index is 0.250. The maximum atomic E-state index is 11.7. The summed E-state index contributed by atoms with van der Waals surface area (Å²) in [7, 11) is 0. The van der Waals surface area contributed by atoms with Crippen molar-refractivity contribution >= 4 is 23.4 Å². The molecule has 0 aliphatic carbocycles. The lowest BCUT2D eigenvalue weighted by molar-refractivity contribution is -0.117. The Morgan fingerprint density at radius 3 is 2.74 bits per heavy atom. The van der Waals surface area contributed by atoms with Gasteiger partial charge in [0.2, 0.25) is 5.91 Å². The SMILES string of the molecule is C=CCC(N)C(=O)Nc1ccc2c(c1)C(=O)NC2=O. The van der Waals surface area contributed by atoms with Crippen LogP contribution in [0.3, 0.4) is 0 Å². The van der Waals surface area contributed by atoms with Gasteiger partial charge in [0.25, 0.3) is 11.8 Å². The normalized spacial score (nSPS) is 14.6. The second-order valence-corrected chi connectivity index (χ2v) is 4.16. The molecule has 0 fully saturated rings. The van der Waals surface area contributed by atoms with Crippen LogP contribution < -0.4 is 16.4 Å². The Labute approximate surface area is 109 Å². The zero-order valence-corrected chi connectivity index (χ0v) is 10.1. The molecule has 4 N–H and O–H groups in total. The summed E-state index contributed by atoms with van der Waals surface area (Å²) < 4.78 is 0. The number of hydrogen-bond acceptors (Lipinski definition) is 4. The molecule has 1 aliphatic heterocycles. The Bertz CT molecular complexity index is 580. The number of hydrogen-bond donors (Lipinski definition) is 3. The van der Waals surface area contributed by atoms with Crippen LogP contribution in [0.4, 0.5) is 5.69 Å². The number of carbonyl (C=O) groups excluding carboxylic acids is 3. The van der Waals surface area contributed by atoms with Crippen LogP contribution in [0.2, 0.25) is 0 Å². The van der Waals surface area contributed by atoms with Gasteiger partial charge in [0.15, 0.2) is 0 Å². The molecule has 1 heterocycles. The standard InChI is InChI=1S/C13H13N3O3/c1-2-3-10(14)13(19)15-7-4-5-8-9(6-7)12(18)16-11(8)17/h2,4-6,10H,1,3,14H2,(H,15,19)(H,16,17,18). The van der Waals surface area contributed by atoms with Crippen molar-refractivity contribution in [1.82, 2.24) is 5.32 Å². The Hall–Kier alpha value is -2.47. The molecule has 0 radical (unpaired) electrons. The first-order chi connectivity index (χ1) is 9.02. The first-order valence-electron chi connectivity index (χ1n) is 5.70. The first-order valence-corrected chi connectivity index (χ1v) is 5.70. The summed E-state index contributed by atoms with van der Waals surface area (Å²) in [5.74, 6) is -1.27. The Morgan fingerprint density at radius 1 is 1.37 bits per heavy atom. The van der Waals surface area contributed by atoms with Crippen molar-refractivity contribution in [2.45, 2.75) is 12.5 Å². The fraction of sp³-hybridized carbons (Fsp3) is 0.154. The lowest BCUT2D eigenvalue weighted by atomic mass is 10.1. The number of imide groups is 1. The highest BCUT2D eigenvalue weighted by molar-refractivity contribution is 6.22. The number of rotatable bonds is 4. The van der Waals surface area contributed by atoms with Crippen LogP contribution in [0.1, 0.15) is 27.1 Å². The highest BCUT2D eigenvalue weighted by Crippen LogP contribution is 2.20. The Balaban J connectivity index is 2.18. The number of benzene rings is 1. The van der Waals surface area contributed by atoms with Crippen molar-refractivity contribution in [3.63, 3.8) is 0 Å². The van der Waals surface area contributed by atoms with Crippen LogP contribution in [0, 0.1) is 0 Å². The highest BCUT2D eigenvalue weighted by atomic mass is 16.2. The van der Waals surface area contributed by atoms with Crippen molar-refractivity contribution in [2.24, 2.45) is 5.73 Å². The largest absolute Gasteiger partial charge is 0.325 e. The van der Waals surface area contributed by atoms with Crippen LogP contribution in [0.15, 0.2) is 30.9 Å². The van der Waals surface area contributed by atoms with Gasteiger partial charge in [-0.2, -0.15) is 0 Å². The van der Waals surface area contributed by atoms with E-state index >= 15 is 0 Å². The van der Waals surface area contributed by atoms with E-state index in [1.807, 2.05) is 0 Å². The molecule has 6 heteroatoms. The molecule has 2 rings (SSSR count). The molecule has 3 amide bonds. The molecule has 1 aromatic carbocycles. The third-order valence-corrected chi connectivity index (χ3v) is 2.76. The highest BCUT2D eigenvalue weighted by Gasteiger charge is 2.26. The summed E-state index contributed by atoms with van der Waals surface area (Å²) in [6, 6.07) is 3.80. The van der Waals surface area contributed by atoms with E-state index in [9.17, 15) is 14.4 Å². The number of nitrogens with one attached hydrogen (secondary N) is 2. The number of anilines is 1. The summed E-state index contributed by atoms with van der Waals surface area (Å²) in [6.07, 6.45) is 1.91. The predicted octanol–water partition coefficient (Wildman–Crippen LogP) is 0.412. The molecule has 0 aromatic heterocycles. The number of nitrogens with two attached hydrogens (primary N) is 1. The molecular formula is C13H13N3O3. The fourth-order valence-electron chi connectivity index (χ4n) is 1.77. The van der Waals surface area contributed by atoms with Crippen LogP contribution >= 0.6 is 0 Å². The van der Waals surface area contributed by atoms with E-state index in [1.165, 1.54) is 12.1 Å². The topological polar surface area (TPSA) is 101 Å². The maximum absolute atomic E-state index is 11.7. The predicted molar refractivity (Wildman–Crippen MR) is 69.7 cm³/mol. The molecule has 0 bridgehead atoms. The van der Waals surface area contributed by atoms with Crippen molar-refractivity contribution < 1.29 is 14.4 Å². The Kier molecular flexibility index (Phi) is 3.43. The quantitative estimate of drug-likeness (QED) is 0.538. The average molecular weight is 259 g/mol. The van der Waals surface area contributed by atoms with Gasteiger partial charge in [0.1, 0.15) is 0 Å². The summed E-state index contributed by atoms with van der Waals surface area (Å²) in [5, 5.41) is 4.77. The molecule has 1 atom stereocenters. The van der Waals surface area contributed by atoms with Crippen LogP contribution in [0.25, 0.3) is 0 Å². The molecule has 0 spiro atoms. The van der Waals surface area contributed by atoms with Gasteiger partial charge in [-0.15, -0.1) is 6.58 Å². The van der Waals surface area contributed by atoms with Gasteiger partial charge < -0.3 is 11.1 Å². The monoisotopic (exact) mass is 259 g/mol. The molecule has 1 unspecified atom stereocenters. The summed E-state index contributed by atoms with van der Waals surface area (Å²) in [4.78, 5) is 34.5. The van der Waals surface area contributed by atoms with Gasteiger partial charge in [-0.05, 0) is 24.6 Å². The van der Waals surface area contributed by atoms with Crippen molar-refractivity contribution in [3.05, 3.63) is 42.0 Å². The van der Waals surface area contributed by atoms with Crippen LogP contribution in [-0.4, -0.2) is 23.8 Å². The van der Waals surface area contributed by atoms with Gasteiger partial charge in [-0.3, -0.25) is 19.7 Å². The van der Waals surface area contributed by atoms with Crippen molar-refractivity contribution in [2.75, 3.05) is 5.32 Å². The molecule has 19 heavy (non-hydrogen) atoms. The molecule has 98 valence electrons. The van der Waals surface area contributed by atoms with E-state index in [4.69, 9.17) is 5.73 Å². The van der Waals surface area contributed by atoms with Crippen LogP contribution in [-0.2, 0) is 4.79 Å². The summed E-state index contributed by atoms with van der Waals surface area (Å²) in [6.45, 7) is 3.51. The number of amides is 3. The van der Waals surface area contributed by atoms with E-state index in [2.05, 4.69) is 17.2 Å². The lowest BCUT2D eigenvalue weighted by Gasteiger charge is -2.10. The molecule has 1 aromatic rings. The fourth-order valence-corrected chi connectivity index (χ4v) is 1.77. The van der Waals surface area contributed by atoms with E-state index in [0.717, 1.165) is 0 Å². The second-order valence-electron chi connectivity index (χ2n) is 4.16. The number of fused-ring (bicyclic) bond motifs is 1. The first kappa shape index (κ1) is 13.0. The van der Waals surface area contributed by atoms with Gasteiger partial charge in [-0.1, -0.05) is 6.08 Å². The molecule has 1 aliphatic rings. The van der Waals surface area contributed by atoms with Crippen LogP contribution in [0.5, 0.6) is 0 Å². The summed E-state index contributed by atoms with van der Waals surface area (Å²) in [5.41, 5.74) is 6.60. The zero-order chi connectivity index (χ0) is 14.0. The minimum Gasteiger partial charge on any atom is -0.325 e. The van der Waals surface area contributed by atoms with Gasteiger partial charge in [0, 0.05) is 5.69 Å². The van der Waals surface area contributed by atoms with Gasteiger partial charge >= 0.3 is 0 Å². The second kappa shape index (κ2) is 5.03. The molecular weight excluding hydrogens is 246 g/mol. The van der Waals surface area contributed by atoms with Crippen molar-refractivity contribution in [1.29, 1.82) is 0 Å². The Morgan fingerprint density at radius 2 is 2.05 bits per heavy atom. The maximum Gasteiger partial charge on any atom is 0.259 e. The lowest BCUT2D eigenvalue weighted by Crippen LogP contribution is -2.35. The van der Waals surface area contributed by atoms with E-state index < -0.39 is 17.9 Å². The molecule has 0 saturated carbocycles. The van der Waals surface area contributed by atoms with E-state index in [1.54, 1.807) is 12.1 Å². The zero-order valence-electron chi connectivity index (χ0n) is 10.1. The molecule has 0 saturated heterocycles. The smallest absolute Gasteiger partial charge is 0.259 e. The average Bonchev–Trinajstić information content (AvgIpc) is 2.65.